The van der Waals surface area contributed by atoms with Crippen LogP contribution in [0.4, 0.5) is 0 Å². The van der Waals surface area contributed by atoms with E-state index in [1.807, 2.05) is 12.1 Å². The molecule has 0 saturated heterocycles. The summed E-state index contributed by atoms with van der Waals surface area (Å²) < 4.78 is 6.78. The zero-order valence-electron chi connectivity index (χ0n) is 10.8. The number of nitrogens with one attached hydrogen (secondary N) is 2. The Hall–Kier alpha value is -1.40. The normalized spacial score (nSPS) is 10.6. The second-order valence-corrected chi connectivity index (χ2v) is 5.05. The van der Waals surface area contributed by atoms with Crippen LogP contribution in [-0.4, -0.2) is 21.8 Å². The van der Waals surface area contributed by atoms with Crippen molar-refractivity contribution >= 4 is 15.9 Å². The predicted octanol–water partition coefficient (Wildman–Crippen LogP) is 2.65. The number of aromatic amines is 1. The minimum atomic E-state index is 0.653. The standard InChI is InChI=1S/C13H17BrN4O/c1-2-5-19-12-4-3-11(14)6-10(12)7-15-8-13-16-9-17-18-13/h3-4,6,9,15H,2,5,7-8H2,1H3,(H,16,17,18). The number of halogens is 1. The van der Waals surface area contributed by atoms with Crippen LogP contribution in [0.1, 0.15) is 24.7 Å². The first kappa shape index (κ1) is 14.0. The molecule has 6 heteroatoms. The van der Waals surface area contributed by atoms with E-state index in [-0.39, 0.29) is 0 Å². The molecule has 0 saturated carbocycles. The van der Waals surface area contributed by atoms with Gasteiger partial charge in [0.25, 0.3) is 0 Å². The molecule has 1 aromatic heterocycles. The number of nitrogens with zero attached hydrogens (tertiary/aromatic N) is 2. The molecule has 0 aliphatic carbocycles. The topological polar surface area (TPSA) is 62.8 Å². The molecule has 0 fully saturated rings. The van der Waals surface area contributed by atoms with E-state index in [4.69, 9.17) is 4.74 Å². The van der Waals surface area contributed by atoms with Gasteiger partial charge in [-0.15, -0.1) is 0 Å². The van der Waals surface area contributed by atoms with Gasteiger partial charge in [0.2, 0.25) is 0 Å². The molecule has 0 aliphatic rings. The molecule has 0 radical (unpaired) electrons. The minimum Gasteiger partial charge on any atom is -0.493 e. The lowest BCUT2D eigenvalue weighted by molar-refractivity contribution is 0.313. The highest BCUT2D eigenvalue weighted by Gasteiger charge is 2.05. The number of hydrogen-bond donors (Lipinski definition) is 2. The maximum atomic E-state index is 5.73. The third-order valence-electron chi connectivity index (χ3n) is 2.56. The summed E-state index contributed by atoms with van der Waals surface area (Å²) in [7, 11) is 0. The molecule has 1 heterocycles. The number of hydrogen-bond acceptors (Lipinski definition) is 4. The Morgan fingerprint density at radius 1 is 1.37 bits per heavy atom. The van der Waals surface area contributed by atoms with Gasteiger partial charge in [-0.25, -0.2) is 4.98 Å². The Morgan fingerprint density at radius 2 is 2.26 bits per heavy atom. The van der Waals surface area contributed by atoms with Crippen molar-refractivity contribution in [1.82, 2.24) is 20.5 Å². The van der Waals surface area contributed by atoms with E-state index in [0.717, 1.165) is 41.2 Å². The highest BCUT2D eigenvalue weighted by molar-refractivity contribution is 9.10. The van der Waals surface area contributed by atoms with Gasteiger partial charge in [-0.1, -0.05) is 22.9 Å². The summed E-state index contributed by atoms with van der Waals surface area (Å²) >= 11 is 3.48. The van der Waals surface area contributed by atoms with Crippen LogP contribution in [0.15, 0.2) is 29.0 Å². The van der Waals surface area contributed by atoms with Crippen molar-refractivity contribution in [3.63, 3.8) is 0 Å². The molecule has 0 bridgehead atoms. The van der Waals surface area contributed by atoms with E-state index in [1.54, 1.807) is 0 Å². The lowest BCUT2D eigenvalue weighted by atomic mass is 10.2. The third-order valence-corrected chi connectivity index (χ3v) is 3.05. The monoisotopic (exact) mass is 324 g/mol. The van der Waals surface area contributed by atoms with Crippen molar-refractivity contribution in [3.8, 4) is 5.75 Å². The number of rotatable bonds is 7. The van der Waals surface area contributed by atoms with E-state index in [0.29, 0.717) is 6.54 Å². The van der Waals surface area contributed by atoms with Crippen LogP contribution in [0.25, 0.3) is 0 Å². The van der Waals surface area contributed by atoms with Crippen LogP contribution in [0.5, 0.6) is 5.75 Å². The zero-order valence-corrected chi connectivity index (χ0v) is 12.4. The first-order valence-corrected chi connectivity index (χ1v) is 7.05. The molecule has 1 aromatic carbocycles. The molecule has 19 heavy (non-hydrogen) atoms. The summed E-state index contributed by atoms with van der Waals surface area (Å²) in [6, 6.07) is 6.05. The highest BCUT2D eigenvalue weighted by atomic mass is 79.9. The molecular weight excluding hydrogens is 308 g/mol. The van der Waals surface area contributed by atoms with Gasteiger partial charge in [-0.05, 0) is 24.6 Å². The molecule has 2 rings (SSSR count). The Balaban J connectivity index is 1.95. The quantitative estimate of drug-likeness (QED) is 0.821. The molecule has 0 aliphatic heterocycles. The van der Waals surface area contributed by atoms with E-state index >= 15 is 0 Å². The van der Waals surface area contributed by atoms with Crippen LogP contribution in [0, 0.1) is 0 Å². The van der Waals surface area contributed by atoms with Gasteiger partial charge in [0.15, 0.2) is 0 Å². The van der Waals surface area contributed by atoms with Crippen molar-refractivity contribution in [2.24, 2.45) is 0 Å². The lowest BCUT2D eigenvalue weighted by Crippen LogP contribution is -2.14. The van der Waals surface area contributed by atoms with Crippen molar-refractivity contribution in [3.05, 3.63) is 40.4 Å². The van der Waals surface area contributed by atoms with Gasteiger partial charge in [0, 0.05) is 16.6 Å². The van der Waals surface area contributed by atoms with Crippen LogP contribution >= 0.6 is 15.9 Å². The first-order chi connectivity index (χ1) is 9.29. The van der Waals surface area contributed by atoms with Gasteiger partial charge in [-0.2, -0.15) is 5.10 Å². The largest absolute Gasteiger partial charge is 0.493 e. The maximum absolute atomic E-state index is 5.73. The molecule has 0 atom stereocenters. The van der Waals surface area contributed by atoms with Gasteiger partial charge < -0.3 is 10.1 Å². The van der Waals surface area contributed by atoms with Crippen molar-refractivity contribution < 1.29 is 4.74 Å². The molecule has 102 valence electrons. The van der Waals surface area contributed by atoms with E-state index in [9.17, 15) is 0 Å². The SMILES string of the molecule is CCCOc1ccc(Br)cc1CNCc1ncn[nH]1. The summed E-state index contributed by atoms with van der Waals surface area (Å²) in [5.41, 5.74) is 1.13. The van der Waals surface area contributed by atoms with Crippen molar-refractivity contribution in [2.45, 2.75) is 26.4 Å². The smallest absolute Gasteiger partial charge is 0.138 e. The molecule has 0 unspecified atom stereocenters. The Bertz CT molecular complexity index is 501. The Morgan fingerprint density at radius 3 is 3.00 bits per heavy atom. The average Bonchev–Trinajstić information content (AvgIpc) is 2.91. The molecule has 5 nitrogen and oxygen atoms in total. The zero-order chi connectivity index (χ0) is 13.5. The van der Waals surface area contributed by atoms with Crippen LogP contribution < -0.4 is 10.1 Å². The van der Waals surface area contributed by atoms with Crippen LogP contribution in [0.2, 0.25) is 0 Å². The third kappa shape index (κ3) is 4.33. The van der Waals surface area contributed by atoms with Gasteiger partial charge >= 0.3 is 0 Å². The van der Waals surface area contributed by atoms with Gasteiger partial charge in [-0.3, -0.25) is 5.10 Å². The predicted molar refractivity (Wildman–Crippen MR) is 76.9 cm³/mol. The minimum absolute atomic E-state index is 0.653. The molecule has 2 aromatic rings. The number of aromatic nitrogens is 3. The summed E-state index contributed by atoms with van der Waals surface area (Å²) in [5, 5.41) is 9.94. The highest BCUT2D eigenvalue weighted by Crippen LogP contribution is 2.23. The fourth-order valence-corrected chi connectivity index (χ4v) is 2.08. The number of H-pyrrole nitrogens is 1. The molecule has 0 amide bonds. The van der Waals surface area contributed by atoms with Crippen molar-refractivity contribution in [1.29, 1.82) is 0 Å². The fraction of sp³-hybridized carbons (Fsp3) is 0.385. The number of benzene rings is 1. The van der Waals surface area contributed by atoms with Crippen LogP contribution in [0.3, 0.4) is 0 Å². The van der Waals surface area contributed by atoms with Gasteiger partial charge in [0.1, 0.15) is 17.9 Å². The summed E-state index contributed by atoms with van der Waals surface area (Å²) in [6.07, 6.45) is 2.51. The lowest BCUT2D eigenvalue weighted by Gasteiger charge is -2.12. The summed E-state index contributed by atoms with van der Waals surface area (Å²) in [4.78, 5) is 4.07. The van der Waals surface area contributed by atoms with Crippen LogP contribution in [-0.2, 0) is 13.1 Å². The Kier molecular flexibility index (Phi) is 5.35. The van der Waals surface area contributed by atoms with E-state index in [2.05, 4.69) is 49.4 Å². The Labute approximate surface area is 120 Å². The maximum Gasteiger partial charge on any atom is 0.138 e. The van der Waals surface area contributed by atoms with Crippen molar-refractivity contribution in [2.75, 3.05) is 6.61 Å². The first-order valence-electron chi connectivity index (χ1n) is 6.25. The average molecular weight is 325 g/mol. The molecule has 2 N–H and O–H groups in total. The molecular formula is C13H17BrN4O. The summed E-state index contributed by atoms with van der Waals surface area (Å²) in [5.74, 6) is 1.75. The second kappa shape index (κ2) is 7.25. The summed E-state index contributed by atoms with van der Waals surface area (Å²) in [6.45, 7) is 4.20. The second-order valence-electron chi connectivity index (χ2n) is 4.14. The number of ether oxygens (including phenoxy) is 1. The van der Waals surface area contributed by atoms with Gasteiger partial charge in [0.05, 0.1) is 13.2 Å². The fourth-order valence-electron chi connectivity index (χ4n) is 1.67. The molecule has 0 spiro atoms. The van der Waals surface area contributed by atoms with E-state index < -0.39 is 0 Å². The van der Waals surface area contributed by atoms with E-state index in [1.165, 1.54) is 6.33 Å².